The fourth-order valence-corrected chi connectivity index (χ4v) is 3.28. The second-order valence-corrected chi connectivity index (χ2v) is 6.03. The number of urea groups is 1. The number of nitrogens with one attached hydrogen (secondary N) is 2. The summed E-state index contributed by atoms with van der Waals surface area (Å²) < 4.78 is 38.5. The minimum Gasteiger partial charge on any atom is -0.330 e. The Morgan fingerprint density at radius 1 is 1.36 bits per heavy atom. The third-order valence-corrected chi connectivity index (χ3v) is 4.51. The molecule has 22 heavy (non-hydrogen) atoms. The molecule has 0 spiro atoms. The minimum absolute atomic E-state index is 0.0986. The molecule has 2 heterocycles. The predicted octanol–water partition coefficient (Wildman–Crippen LogP) is 2.77. The van der Waals surface area contributed by atoms with Crippen LogP contribution in [0, 0.1) is 5.92 Å². The third kappa shape index (κ3) is 3.05. The molecule has 5 nitrogen and oxygen atoms in total. The second-order valence-electron chi connectivity index (χ2n) is 6.03. The van der Waals surface area contributed by atoms with Crippen LogP contribution in [0.3, 0.4) is 0 Å². The number of hydrogen-bond acceptors (Lipinski definition) is 2. The minimum atomic E-state index is -4.24. The van der Waals surface area contributed by atoms with Gasteiger partial charge < -0.3 is 10.2 Å². The summed E-state index contributed by atoms with van der Waals surface area (Å²) in [7, 11) is 0. The lowest BCUT2D eigenvalue weighted by atomic mass is 9.93. The van der Waals surface area contributed by atoms with E-state index in [1.54, 1.807) is 6.20 Å². The topological polar surface area (TPSA) is 61.0 Å². The Balaban J connectivity index is 1.63. The second kappa shape index (κ2) is 5.81. The van der Waals surface area contributed by atoms with Gasteiger partial charge in [0.05, 0.1) is 23.9 Å². The third-order valence-electron chi connectivity index (χ3n) is 4.51. The van der Waals surface area contributed by atoms with Gasteiger partial charge in [0.15, 0.2) is 0 Å². The smallest absolute Gasteiger partial charge is 0.330 e. The van der Waals surface area contributed by atoms with Crippen LogP contribution in [0.15, 0.2) is 6.20 Å². The van der Waals surface area contributed by atoms with Crippen LogP contribution < -0.4 is 5.32 Å². The number of piperidine rings is 1. The highest BCUT2D eigenvalue weighted by molar-refractivity contribution is 5.75. The first kappa shape index (κ1) is 15.2. The molecule has 1 aromatic rings. The lowest BCUT2D eigenvalue weighted by Gasteiger charge is -2.35. The summed E-state index contributed by atoms with van der Waals surface area (Å²) in [5.41, 5.74) is 1.95. The number of carbonyl (C=O) groups excluding carboxylic acids is 1. The molecular formula is C14H19F3N4O. The summed E-state index contributed by atoms with van der Waals surface area (Å²) in [6.45, 7) is 0.124. The molecule has 3 rings (SSSR count). The molecule has 1 aliphatic heterocycles. The van der Waals surface area contributed by atoms with Crippen molar-refractivity contribution in [1.82, 2.24) is 20.4 Å². The number of aromatic amines is 1. The SMILES string of the molecule is O=C(NC1CCCc2cn[nH]c21)N1CCCC(C(F)(F)F)C1. The Hall–Kier alpha value is -1.73. The van der Waals surface area contributed by atoms with E-state index in [0.717, 1.165) is 30.5 Å². The number of amides is 2. The molecule has 122 valence electrons. The maximum absolute atomic E-state index is 12.8. The molecule has 1 aliphatic carbocycles. The zero-order chi connectivity index (χ0) is 15.7. The Bertz CT molecular complexity index is 542. The number of rotatable bonds is 1. The molecule has 0 saturated carbocycles. The Labute approximate surface area is 126 Å². The molecule has 1 saturated heterocycles. The zero-order valence-corrected chi connectivity index (χ0v) is 12.1. The molecule has 2 amide bonds. The molecular weight excluding hydrogens is 297 g/mol. The molecule has 0 radical (unpaired) electrons. The van der Waals surface area contributed by atoms with Crippen LogP contribution in [-0.2, 0) is 6.42 Å². The standard InChI is InChI=1S/C14H19F3N4O/c15-14(16,17)10-4-2-6-21(8-10)13(22)19-11-5-1-3-9-7-18-20-12(9)11/h7,10-11H,1-6,8H2,(H,18,20)(H,19,22). The highest BCUT2D eigenvalue weighted by Gasteiger charge is 2.43. The van der Waals surface area contributed by atoms with Gasteiger partial charge in [-0.3, -0.25) is 5.10 Å². The summed E-state index contributed by atoms with van der Waals surface area (Å²) in [5.74, 6) is -1.42. The lowest BCUT2D eigenvalue weighted by molar-refractivity contribution is -0.184. The van der Waals surface area contributed by atoms with E-state index in [4.69, 9.17) is 0 Å². The molecule has 8 heteroatoms. The maximum atomic E-state index is 12.8. The van der Waals surface area contributed by atoms with Crippen molar-refractivity contribution < 1.29 is 18.0 Å². The van der Waals surface area contributed by atoms with Crippen LogP contribution in [0.2, 0.25) is 0 Å². The molecule has 0 bridgehead atoms. The van der Waals surface area contributed by atoms with E-state index in [9.17, 15) is 18.0 Å². The summed E-state index contributed by atoms with van der Waals surface area (Å²) in [6.07, 6.45) is 0.617. The van der Waals surface area contributed by atoms with Gasteiger partial charge in [0.25, 0.3) is 0 Å². The number of halogens is 3. The van der Waals surface area contributed by atoms with Crippen molar-refractivity contribution in [2.75, 3.05) is 13.1 Å². The van der Waals surface area contributed by atoms with Crippen molar-refractivity contribution in [3.63, 3.8) is 0 Å². The average Bonchev–Trinajstić information content (AvgIpc) is 2.96. The molecule has 2 unspecified atom stereocenters. The molecule has 2 aliphatic rings. The van der Waals surface area contributed by atoms with Crippen LogP contribution in [0.1, 0.15) is 43.0 Å². The largest absolute Gasteiger partial charge is 0.393 e. The van der Waals surface area contributed by atoms with Gasteiger partial charge in [-0.2, -0.15) is 18.3 Å². The normalized spacial score (nSPS) is 25.7. The summed E-state index contributed by atoms with van der Waals surface area (Å²) in [4.78, 5) is 13.6. The van der Waals surface area contributed by atoms with Crippen molar-refractivity contribution >= 4 is 6.03 Å². The van der Waals surface area contributed by atoms with Crippen molar-refractivity contribution in [1.29, 1.82) is 0 Å². The van der Waals surface area contributed by atoms with Crippen molar-refractivity contribution in [3.8, 4) is 0 Å². The van der Waals surface area contributed by atoms with Gasteiger partial charge in [-0.15, -0.1) is 0 Å². The Kier molecular flexibility index (Phi) is 4.01. The van der Waals surface area contributed by atoms with E-state index >= 15 is 0 Å². The fourth-order valence-electron chi connectivity index (χ4n) is 3.28. The highest BCUT2D eigenvalue weighted by Crippen LogP contribution is 2.33. The summed E-state index contributed by atoms with van der Waals surface area (Å²) in [6, 6.07) is -0.605. The number of aryl methyl sites for hydroxylation is 1. The first-order chi connectivity index (χ1) is 10.4. The number of aromatic nitrogens is 2. The molecule has 0 aromatic carbocycles. The van der Waals surface area contributed by atoms with E-state index in [0.29, 0.717) is 13.0 Å². The molecule has 1 fully saturated rings. The average molecular weight is 316 g/mol. The Morgan fingerprint density at radius 3 is 2.95 bits per heavy atom. The van der Waals surface area contributed by atoms with Crippen LogP contribution >= 0.6 is 0 Å². The lowest BCUT2D eigenvalue weighted by Crippen LogP contribution is -2.49. The quantitative estimate of drug-likeness (QED) is 0.837. The molecule has 2 N–H and O–H groups in total. The van der Waals surface area contributed by atoms with Gasteiger partial charge in [0.2, 0.25) is 0 Å². The number of fused-ring (bicyclic) bond motifs is 1. The van der Waals surface area contributed by atoms with E-state index in [1.165, 1.54) is 4.90 Å². The number of H-pyrrole nitrogens is 1. The number of likely N-dealkylation sites (tertiary alicyclic amines) is 1. The van der Waals surface area contributed by atoms with Crippen LogP contribution in [0.4, 0.5) is 18.0 Å². The van der Waals surface area contributed by atoms with E-state index in [-0.39, 0.29) is 19.0 Å². The van der Waals surface area contributed by atoms with Gasteiger partial charge in [0, 0.05) is 13.1 Å². The predicted molar refractivity (Wildman–Crippen MR) is 73.2 cm³/mol. The van der Waals surface area contributed by atoms with E-state index in [2.05, 4.69) is 15.5 Å². The first-order valence-electron chi connectivity index (χ1n) is 7.59. The van der Waals surface area contributed by atoms with Crippen molar-refractivity contribution in [2.45, 2.75) is 44.3 Å². The van der Waals surface area contributed by atoms with Gasteiger partial charge in [-0.25, -0.2) is 4.79 Å². The van der Waals surface area contributed by atoms with Gasteiger partial charge in [-0.05, 0) is 37.7 Å². The fraction of sp³-hybridized carbons (Fsp3) is 0.714. The summed E-state index contributed by atoms with van der Waals surface area (Å²) >= 11 is 0. The van der Waals surface area contributed by atoms with Crippen LogP contribution in [0.5, 0.6) is 0 Å². The van der Waals surface area contributed by atoms with Crippen LogP contribution in [-0.4, -0.2) is 40.4 Å². The van der Waals surface area contributed by atoms with Crippen molar-refractivity contribution in [3.05, 3.63) is 17.5 Å². The number of nitrogens with zero attached hydrogens (tertiary/aromatic N) is 2. The van der Waals surface area contributed by atoms with Gasteiger partial charge >= 0.3 is 12.2 Å². The molecule has 2 atom stereocenters. The van der Waals surface area contributed by atoms with Gasteiger partial charge in [-0.1, -0.05) is 0 Å². The highest BCUT2D eigenvalue weighted by atomic mass is 19.4. The Morgan fingerprint density at radius 2 is 2.18 bits per heavy atom. The van der Waals surface area contributed by atoms with Crippen molar-refractivity contribution in [2.24, 2.45) is 5.92 Å². The zero-order valence-electron chi connectivity index (χ0n) is 12.1. The van der Waals surface area contributed by atoms with Gasteiger partial charge in [0.1, 0.15) is 0 Å². The maximum Gasteiger partial charge on any atom is 0.393 e. The number of carbonyl (C=O) groups is 1. The molecule has 1 aromatic heterocycles. The number of alkyl halides is 3. The summed E-state index contributed by atoms with van der Waals surface area (Å²) in [5, 5.41) is 9.72. The monoisotopic (exact) mass is 316 g/mol. The van der Waals surface area contributed by atoms with E-state index in [1.807, 2.05) is 0 Å². The van der Waals surface area contributed by atoms with E-state index < -0.39 is 18.1 Å². The first-order valence-corrected chi connectivity index (χ1v) is 7.59. The van der Waals surface area contributed by atoms with Crippen LogP contribution in [0.25, 0.3) is 0 Å². The number of hydrogen-bond donors (Lipinski definition) is 2.